The Morgan fingerprint density at radius 1 is 0.632 bits per heavy atom. The number of amides is 4. The summed E-state index contributed by atoms with van der Waals surface area (Å²) >= 11 is 0. The zero-order valence-electron chi connectivity index (χ0n) is 47.0. The zero-order valence-corrected chi connectivity index (χ0v) is 48.7. The van der Waals surface area contributed by atoms with Crippen molar-refractivity contribution in [3.63, 3.8) is 0 Å². The standard InChI is InChI=1S/C57H57N15O13S2/c1-5-71-34(23-29(3)67-71)28-63-55-64-42-27-33(11-18-43(42)69(55)21-7-8-22-70-44-17-10-31(50(60)73)26-41(44)65-56(70)66-53(76)45-24-30(4)68-72(45)6-2)52(75)62-20-19-61-51(74)32-9-12-36-35(25-32)54(77)85-57(36)37-13-15-39(58)48(86(78,79)80)46(37)84-47-38(57)14-16-40(59)49(47)87(81,82)83/h9-18,23-27H,5-8,19-22,28,58-59H2,1-4H3,(H2,60,73)(H,61,74)(H,62,75)(H,63,64)(H,65,66,76)(H,78,79,80)(H,81,82,83). The Balaban J connectivity index is 0.795. The summed E-state index contributed by atoms with van der Waals surface area (Å²) < 4.78 is 90.8. The van der Waals surface area contributed by atoms with E-state index in [1.807, 2.05) is 40.7 Å². The molecule has 9 aromatic rings. The topological polar surface area (TPSA) is 410 Å². The number of esters is 1. The van der Waals surface area contributed by atoms with Crippen LogP contribution in [0.2, 0.25) is 0 Å². The fraction of sp³-hybridized carbons (Fsp3) is 0.246. The van der Waals surface area contributed by atoms with Gasteiger partial charge in [0.1, 0.15) is 5.69 Å². The van der Waals surface area contributed by atoms with Gasteiger partial charge in [-0.25, -0.2) is 14.8 Å². The van der Waals surface area contributed by atoms with E-state index in [2.05, 4.69) is 31.5 Å². The lowest BCUT2D eigenvalue weighted by Gasteiger charge is -2.37. The molecule has 28 nitrogen and oxygen atoms in total. The van der Waals surface area contributed by atoms with Gasteiger partial charge in [-0.2, -0.15) is 27.0 Å². The summed E-state index contributed by atoms with van der Waals surface area (Å²) in [5, 5.41) is 20.9. The third-order valence-electron chi connectivity index (χ3n) is 15.0. The normalized spacial score (nSPS) is 13.2. The molecule has 4 amide bonds. The lowest BCUT2D eigenvalue weighted by atomic mass is 9.77. The molecule has 0 aliphatic carbocycles. The van der Waals surface area contributed by atoms with E-state index in [1.165, 1.54) is 30.3 Å². The molecule has 11 rings (SSSR count). The van der Waals surface area contributed by atoms with E-state index >= 15 is 0 Å². The summed E-state index contributed by atoms with van der Waals surface area (Å²) in [5.41, 5.74) is 19.5. The lowest BCUT2D eigenvalue weighted by Crippen LogP contribution is -2.35. The molecule has 0 radical (unpaired) electrons. The second kappa shape index (κ2) is 22.4. The number of ether oxygens (including phenoxy) is 2. The summed E-state index contributed by atoms with van der Waals surface area (Å²) in [7, 11) is -10.4. The van der Waals surface area contributed by atoms with Crippen molar-refractivity contribution < 1.29 is 59.4 Å². The van der Waals surface area contributed by atoms with Gasteiger partial charge in [0.2, 0.25) is 17.8 Å². The first-order valence-corrected chi connectivity index (χ1v) is 30.1. The molecule has 0 bridgehead atoms. The van der Waals surface area contributed by atoms with Crippen molar-refractivity contribution in [2.45, 2.75) is 88.7 Å². The minimum Gasteiger partial charge on any atom is -0.453 e. The van der Waals surface area contributed by atoms with Crippen LogP contribution in [0.4, 0.5) is 23.3 Å². The number of nitrogens with two attached hydrogens (primary N) is 3. The number of nitrogen functional groups attached to an aromatic ring is 2. The molecular formula is C57H57N15O13S2. The highest BCUT2D eigenvalue weighted by Gasteiger charge is 2.56. The smallest absolute Gasteiger partial charge is 0.340 e. The average molecular weight is 1220 g/mol. The van der Waals surface area contributed by atoms with E-state index in [9.17, 15) is 49.9 Å². The predicted octanol–water partition coefficient (Wildman–Crippen LogP) is 5.26. The van der Waals surface area contributed by atoms with Gasteiger partial charge in [-0.15, -0.1) is 0 Å². The number of aryl methyl sites for hydroxylation is 6. The van der Waals surface area contributed by atoms with E-state index in [-0.39, 0.29) is 58.0 Å². The molecule has 0 unspecified atom stereocenters. The fourth-order valence-corrected chi connectivity index (χ4v) is 12.7. The molecule has 30 heteroatoms. The highest BCUT2D eigenvalue weighted by Crippen LogP contribution is 2.60. The van der Waals surface area contributed by atoms with Crippen LogP contribution in [0.1, 0.15) is 112 Å². The molecule has 4 aromatic heterocycles. The Kier molecular flexibility index (Phi) is 15.1. The largest absolute Gasteiger partial charge is 0.453 e. The maximum atomic E-state index is 13.9. The molecule has 2 aliphatic heterocycles. The van der Waals surface area contributed by atoms with Crippen LogP contribution in [-0.2, 0) is 63.3 Å². The summed E-state index contributed by atoms with van der Waals surface area (Å²) in [6, 6.07) is 22.4. The molecule has 12 N–H and O–H groups in total. The number of aromatic nitrogens is 8. The maximum Gasteiger partial charge on any atom is 0.340 e. The van der Waals surface area contributed by atoms with Gasteiger partial charge in [-0.05, 0) is 125 Å². The first-order valence-electron chi connectivity index (χ1n) is 27.3. The third-order valence-corrected chi connectivity index (χ3v) is 16.9. The van der Waals surface area contributed by atoms with Gasteiger partial charge in [-0.3, -0.25) is 43.0 Å². The van der Waals surface area contributed by atoms with Crippen LogP contribution in [0.3, 0.4) is 0 Å². The molecule has 6 heterocycles. The first kappa shape index (κ1) is 58.6. The Hall–Kier alpha value is -10.2. The first-order chi connectivity index (χ1) is 41.4. The summed E-state index contributed by atoms with van der Waals surface area (Å²) in [4.78, 5) is 74.7. The van der Waals surface area contributed by atoms with E-state index in [0.717, 1.165) is 29.0 Å². The van der Waals surface area contributed by atoms with Crippen LogP contribution in [-0.4, -0.2) is 107 Å². The minimum atomic E-state index is -5.21. The molecule has 87 heavy (non-hydrogen) atoms. The molecule has 2 aliphatic rings. The highest BCUT2D eigenvalue weighted by atomic mass is 32.2. The second-order valence-electron chi connectivity index (χ2n) is 20.7. The third kappa shape index (κ3) is 10.7. The van der Waals surface area contributed by atoms with Crippen LogP contribution in [0.25, 0.3) is 22.1 Å². The number of carbonyl (C=O) groups is 5. The molecule has 1 spiro atoms. The minimum absolute atomic E-state index is 0.00395. The number of anilines is 4. The summed E-state index contributed by atoms with van der Waals surface area (Å²) in [5.74, 6) is -3.78. The number of hydrogen-bond acceptors (Lipinski definition) is 18. The Bertz CT molecular complexity index is 4540. The number of nitrogens with zero attached hydrogens (tertiary/aromatic N) is 8. The van der Waals surface area contributed by atoms with Crippen molar-refractivity contribution >= 4 is 95.2 Å². The van der Waals surface area contributed by atoms with Gasteiger partial charge in [0.25, 0.3) is 38.0 Å². The number of primary amides is 1. The Labute approximate surface area is 495 Å². The molecule has 5 aromatic carbocycles. The Morgan fingerprint density at radius 2 is 1.14 bits per heavy atom. The lowest BCUT2D eigenvalue weighted by molar-refractivity contribution is 0.0220. The maximum absolute atomic E-state index is 13.9. The number of benzene rings is 5. The van der Waals surface area contributed by atoms with Gasteiger partial charge in [-0.1, -0.05) is 6.07 Å². The number of hydrogen-bond donors (Lipinski definition) is 9. The molecule has 0 saturated heterocycles. The van der Waals surface area contributed by atoms with E-state index in [0.29, 0.717) is 79.5 Å². The van der Waals surface area contributed by atoms with Crippen molar-refractivity contribution in [1.82, 2.24) is 49.3 Å². The van der Waals surface area contributed by atoms with Gasteiger partial charge >= 0.3 is 5.97 Å². The summed E-state index contributed by atoms with van der Waals surface area (Å²) in [6.07, 6.45) is 1.23. The van der Waals surface area contributed by atoms with Gasteiger partial charge < -0.3 is 51.8 Å². The Morgan fingerprint density at radius 3 is 1.71 bits per heavy atom. The monoisotopic (exact) mass is 1220 g/mol. The number of fused-ring (bicyclic) bond motifs is 8. The highest BCUT2D eigenvalue weighted by molar-refractivity contribution is 7.86. The van der Waals surface area contributed by atoms with Crippen LogP contribution < -0.4 is 43.2 Å². The van der Waals surface area contributed by atoms with Gasteiger partial charge in [0.15, 0.2) is 26.9 Å². The zero-order chi connectivity index (χ0) is 62.0. The predicted molar refractivity (Wildman–Crippen MR) is 316 cm³/mol. The van der Waals surface area contributed by atoms with Gasteiger partial charge in [0.05, 0.1) is 62.6 Å². The van der Waals surface area contributed by atoms with E-state index in [1.54, 1.807) is 54.1 Å². The number of unbranched alkanes of at least 4 members (excludes halogenated alkanes) is 1. The van der Waals surface area contributed by atoms with Crippen molar-refractivity contribution in [3.8, 4) is 11.5 Å². The number of imidazole rings is 2. The molecule has 0 fully saturated rings. The average Bonchev–Trinajstić information content (AvgIpc) is 1.72. The van der Waals surface area contributed by atoms with Crippen molar-refractivity contribution in [1.29, 1.82) is 0 Å². The van der Waals surface area contributed by atoms with Crippen molar-refractivity contribution in [3.05, 3.63) is 153 Å². The molecular weight excluding hydrogens is 1170 g/mol. The van der Waals surface area contributed by atoms with Crippen LogP contribution in [0.5, 0.6) is 11.5 Å². The van der Waals surface area contributed by atoms with Crippen LogP contribution in [0, 0.1) is 13.8 Å². The molecule has 0 atom stereocenters. The van der Waals surface area contributed by atoms with Crippen LogP contribution in [0.15, 0.2) is 101 Å². The van der Waals surface area contributed by atoms with E-state index < -0.39 is 88.1 Å². The summed E-state index contributed by atoms with van der Waals surface area (Å²) in [6.45, 7) is 9.93. The number of carbonyl (C=O) groups excluding carboxylic acids is 5. The fourth-order valence-electron chi connectivity index (χ4n) is 11.2. The quantitative estimate of drug-likeness (QED) is 0.0203. The number of nitrogens with one attached hydrogen (secondary N) is 4. The van der Waals surface area contributed by atoms with Crippen molar-refractivity contribution in [2.24, 2.45) is 5.73 Å². The SMILES string of the molecule is CCn1nc(C)cc1CNc1nc2cc(C(=O)NCCNC(=O)c3ccc4c(c3)C(=O)OC43c4ccc(N)c(S(=O)(=O)O)c4Oc4c3ccc(N)c4S(=O)(=O)O)ccc2n1CCCCn1c(NC(=O)c2cc(C)nn2CC)nc2cc(C(N)=O)ccc21. The molecule has 450 valence electrons. The van der Waals surface area contributed by atoms with E-state index in [4.69, 9.17) is 36.6 Å². The van der Waals surface area contributed by atoms with Crippen LogP contribution >= 0.6 is 0 Å². The second-order valence-corrected chi connectivity index (χ2v) is 23.4. The molecule has 0 saturated carbocycles. The van der Waals surface area contributed by atoms with Gasteiger partial charge in [0, 0.05) is 72.6 Å². The number of rotatable bonds is 20. The van der Waals surface area contributed by atoms with Crippen molar-refractivity contribution in [2.75, 3.05) is 35.2 Å².